The van der Waals surface area contributed by atoms with E-state index in [-0.39, 0.29) is 11.4 Å². The lowest BCUT2D eigenvalue weighted by Crippen LogP contribution is -2.28. The summed E-state index contributed by atoms with van der Waals surface area (Å²) in [5.74, 6) is 5.50. The molecular weight excluding hydrogens is 260 g/mol. The number of hydrogen-bond donors (Lipinski definition) is 1. The number of benzene rings is 1. The van der Waals surface area contributed by atoms with Gasteiger partial charge in [-0.2, -0.15) is 0 Å². The average molecular weight is 280 g/mol. The van der Waals surface area contributed by atoms with Gasteiger partial charge in [-0.3, -0.25) is 0 Å². The van der Waals surface area contributed by atoms with Gasteiger partial charge in [0.25, 0.3) is 0 Å². The molecule has 0 saturated heterocycles. The molecule has 5 heteroatoms. The molecular formula is C14H20N2O2S. The van der Waals surface area contributed by atoms with E-state index in [1.54, 1.807) is 31.3 Å². The number of nitrogens with two attached hydrogens (primary N) is 1. The second-order valence-corrected chi connectivity index (χ2v) is 6.20. The van der Waals surface area contributed by atoms with E-state index in [1.165, 1.54) is 4.31 Å². The normalized spacial score (nSPS) is 11.2. The van der Waals surface area contributed by atoms with Crippen LogP contribution in [0.2, 0.25) is 0 Å². The lowest BCUT2D eigenvalue weighted by molar-refractivity contribution is 0.459. The Morgan fingerprint density at radius 2 is 2.00 bits per heavy atom. The van der Waals surface area contributed by atoms with Crippen molar-refractivity contribution in [2.24, 2.45) is 5.73 Å². The van der Waals surface area contributed by atoms with Crippen LogP contribution in [0.3, 0.4) is 0 Å². The van der Waals surface area contributed by atoms with Crippen molar-refractivity contribution in [1.82, 2.24) is 4.31 Å². The summed E-state index contributed by atoms with van der Waals surface area (Å²) in [6.07, 6.45) is 1.79. The van der Waals surface area contributed by atoms with Gasteiger partial charge in [-0.15, -0.1) is 0 Å². The van der Waals surface area contributed by atoms with Gasteiger partial charge >= 0.3 is 0 Å². The molecule has 0 atom stereocenters. The molecule has 0 aliphatic carbocycles. The summed E-state index contributed by atoms with van der Waals surface area (Å²) in [6, 6.07) is 6.75. The van der Waals surface area contributed by atoms with Crippen molar-refractivity contribution in [1.29, 1.82) is 0 Å². The molecule has 1 aromatic carbocycles. The van der Waals surface area contributed by atoms with Crippen LogP contribution in [0.4, 0.5) is 0 Å². The highest BCUT2D eigenvalue weighted by molar-refractivity contribution is 7.89. The monoisotopic (exact) mass is 280 g/mol. The van der Waals surface area contributed by atoms with Gasteiger partial charge in [0.05, 0.1) is 11.4 Å². The van der Waals surface area contributed by atoms with Crippen LogP contribution < -0.4 is 5.73 Å². The Morgan fingerprint density at radius 3 is 2.63 bits per heavy atom. The Kier molecular flexibility index (Phi) is 6.03. The van der Waals surface area contributed by atoms with E-state index in [1.807, 2.05) is 6.92 Å². The summed E-state index contributed by atoms with van der Waals surface area (Å²) in [5, 5.41) is 0. The second kappa shape index (κ2) is 7.29. The predicted octanol–water partition coefficient (Wildman–Crippen LogP) is 1.42. The molecule has 104 valence electrons. The number of rotatable bonds is 5. The molecule has 0 aromatic heterocycles. The van der Waals surface area contributed by atoms with Gasteiger partial charge in [-0.25, -0.2) is 12.7 Å². The highest BCUT2D eigenvalue weighted by atomic mass is 32.2. The van der Waals surface area contributed by atoms with E-state index in [9.17, 15) is 8.42 Å². The van der Waals surface area contributed by atoms with Crippen LogP contribution in [0, 0.1) is 11.8 Å². The van der Waals surface area contributed by atoms with Gasteiger partial charge in [0.1, 0.15) is 0 Å². The first-order valence-electron chi connectivity index (χ1n) is 6.28. The topological polar surface area (TPSA) is 63.4 Å². The molecule has 0 amide bonds. The molecule has 19 heavy (non-hydrogen) atoms. The molecule has 0 unspecified atom stereocenters. The van der Waals surface area contributed by atoms with Crippen LogP contribution in [0.15, 0.2) is 29.2 Å². The van der Waals surface area contributed by atoms with Crippen LogP contribution in [-0.2, 0) is 10.0 Å². The maximum Gasteiger partial charge on any atom is 0.244 e. The van der Waals surface area contributed by atoms with Crippen LogP contribution in [0.5, 0.6) is 0 Å². The highest BCUT2D eigenvalue weighted by Crippen LogP contribution is 2.18. The summed E-state index contributed by atoms with van der Waals surface area (Å²) in [6.45, 7) is 2.75. The van der Waals surface area contributed by atoms with Gasteiger partial charge in [-0.1, -0.05) is 37.3 Å². The van der Waals surface area contributed by atoms with E-state index < -0.39 is 10.0 Å². The Bertz CT molecular complexity index is 571. The Hall–Kier alpha value is -1.35. The van der Waals surface area contributed by atoms with Crippen molar-refractivity contribution < 1.29 is 8.42 Å². The van der Waals surface area contributed by atoms with E-state index in [0.29, 0.717) is 12.1 Å². The van der Waals surface area contributed by atoms with Crippen LogP contribution in [0.25, 0.3) is 0 Å². The molecule has 1 rings (SSSR count). The minimum absolute atomic E-state index is 0.208. The fourth-order valence-electron chi connectivity index (χ4n) is 1.61. The van der Waals surface area contributed by atoms with Gasteiger partial charge in [-0.05, 0) is 18.6 Å². The maximum absolute atomic E-state index is 12.4. The zero-order valence-corrected chi connectivity index (χ0v) is 12.2. The summed E-state index contributed by atoms with van der Waals surface area (Å²) < 4.78 is 26.3. The largest absolute Gasteiger partial charge is 0.320 e. The number of unbranched alkanes of at least 4 members (excludes halogenated alkanes) is 1. The van der Waals surface area contributed by atoms with Crippen molar-refractivity contribution in [2.75, 3.05) is 20.1 Å². The number of nitrogens with zero attached hydrogens (tertiary/aromatic N) is 1. The van der Waals surface area contributed by atoms with E-state index in [2.05, 4.69) is 11.8 Å². The minimum atomic E-state index is -3.48. The second-order valence-electron chi connectivity index (χ2n) is 4.18. The summed E-state index contributed by atoms with van der Waals surface area (Å²) in [4.78, 5) is 0.245. The Morgan fingerprint density at radius 1 is 1.32 bits per heavy atom. The molecule has 0 aliphatic heterocycles. The predicted molar refractivity (Wildman–Crippen MR) is 77.1 cm³/mol. The number of hydrogen-bond acceptors (Lipinski definition) is 3. The Balaban J connectivity index is 3.14. The van der Waals surface area contributed by atoms with Crippen LogP contribution in [0.1, 0.15) is 25.3 Å². The van der Waals surface area contributed by atoms with Gasteiger partial charge in [0, 0.05) is 19.2 Å². The summed E-state index contributed by atoms with van der Waals surface area (Å²) in [5.41, 5.74) is 5.82. The van der Waals surface area contributed by atoms with Gasteiger partial charge < -0.3 is 5.73 Å². The molecule has 4 nitrogen and oxygen atoms in total. The molecule has 0 bridgehead atoms. The lowest BCUT2D eigenvalue weighted by Gasteiger charge is -2.17. The van der Waals surface area contributed by atoms with Crippen molar-refractivity contribution in [3.8, 4) is 11.8 Å². The summed E-state index contributed by atoms with van der Waals surface area (Å²) >= 11 is 0. The van der Waals surface area contributed by atoms with Gasteiger partial charge in [0.2, 0.25) is 10.0 Å². The Labute approximate surface area is 115 Å². The molecule has 2 N–H and O–H groups in total. The van der Waals surface area contributed by atoms with Gasteiger partial charge in [0.15, 0.2) is 0 Å². The fourth-order valence-corrected chi connectivity index (χ4v) is 2.96. The van der Waals surface area contributed by atoms with E-state index in [4.69, 9.17) is 5.73 Å². The third kappa shape index (κ3) is 4.06. The first-order chi connectivity index (χ1) is 9.04. The van der Waals surface area contributed by atoms with Crippen LogP contribution in [-0.4, -0.2) is 32.9 Å². The zero-order chi connectivity index (χ0) is 14.3. The molecule has 1 aromatic rings. The van der Waals surface area contributed by atoms with E-state index in [0.717, 1.165) is 12.8 Å². The first kappa shape index (κ1) is 15.7. The standard InChI is InChI=1S/C14H20N2O2S/c1-3-4-12-16(2)19(17,18)14-10-6-5-8-13(14)9-7-11-15/h5-6,8,10H,3-4,11-12,15H2,1-2H3. The van der Waals surface area contributed by atoms with Crippen molar-refractivity contribution in [3.05, 3.63) is 29.8 Å². The third-order valence-corrected chi connectivity index (χ3v) is 4.64. The smallest absolute Gasteiger partial charge is 0.244 e. The molecule has 0 aliphatic rings. The zero-order valence-electron chi connectivity index (χ0n) is 11.4. The quantitative estimate of drug-likeness (QED) is 0.830. The SMILES string of the molecule is CCCCN(C)S(=O)(=O)c1ccccc1C#CCN. The molecule has 0 radical (unpaired) electrons. The van der Waals surface area contributed by atoms with Crippen LogP contribution >= 0.6 is 0 Å². The number of sulfonamides is 1. The minimum Gasteiger partial charge on any atom is -0.320 e. The lowest BCUT2D eigenvalue weighted by atomic mass is 10.2. The van der Waals surface area contributed by atoms with E-state index >= 15 is 0 Å². The first-order valence-corrected chi connectivity index (χ1v) is 7.72. The molecule has 0 spiro atoms. The van der Waals surface area contributed by atoms with Crippen molar-refractivity contribution >= 4 is 10.0 Å². The fraction of sp³-hybridized carbons (Fsp3) is 0.429. The summed E-state index contributed by atoms with van der Waals surface area (Å²) in [7, 11) is -1.89. The maximum atomic E-state index is 12.4. The third-order valence-electron chi connectivity index (χ3n) is 2.73. The molecule has 0 saturated carbocycles. The highest BCUT2D eigenvalue weighted by Gasteiger charge is 2.22. The van der Waals surface area contributed by atoms with Crippen molar-refractivity contribution in [2.45, 2.75) is 24.7 Å². The average Bonchev–Trinajstić information content (AvgIpc) is 2.42. The molecule has 0 fully saturated rings. The van der Waals surface area contributed by atoms with Crippen molar-refractivity contribution in [3.63, 3.8) is 0 Å². The molecule has 0 heterocycles.